The van der Waals surface area contributed by atoms with Crippen LogP contribution in [-0.2, 0) is 4.79 Å². The van der Waals surface area contributed by atoms with Crippen molar-refractivity contribution in [3.05, 3.63) is 24.3 Å². The molecule has 0 unspecified atom stereocenters. The first-order valence-electron chi connectivity index (χ1n) is 3.70. The minimum absolute atomic E-state index is 0.0798. The molecule has 2 nitrogen and oxygen atoms in total. The molecule has 0 aromatic carbocycles. The number of aliphatic hydroxyl groups excluding tert-OH is 1. The second kappa shape index (κ2) is 7.22. The van der Waals surface area contributed by atoms with E-state index in [-0.39, 0.29) is 12.4 Å². The monoisotopic (exact) mass is 154 g/mol. The number of hydrogen-bond acceptors (Lipinski definition) is 2. The summed E-state index contributed by atoms with van der Waals surface area (Å²) in [5.41, 5.74) is 0. The maximum atomic E-state index is 10.4. The Morgan fingerprint density at radius 1 is 1.27 bits per heavy atom. The third-order valence-electron chi connectivity index (χ3n) is 1.12. The number of ketones is 1. The summed E-state index contributed by atoms with van der Waals surface area (Å²) in [6.45, 7) is 1.62. The van der Waals surface area contributed by atoms with E-state index in [1.54, 1.807) is 12.2 Å². The predicted octanol–water partition coefficient (Wildman–Crippen LogP) is 1.46. The van der Waals surface area contributed by atoms with E-state index in [1.165, 1.54) is 6.92 Å². The van der Waals surface area contributed by atoms with E-state index in [0.717, 1.165) is 12.8 Å². The van der Waals surface area contributed by atoms with Crippen molar-refractivity contribution in [2.45, 2.75) is 19.8 Å². The van der Waals surface area contributed by atoms with Gasteiger partial charge in [-0.2, -0.15) is 0 Å². The fourth-order valence-electron chi connectivity index (χ4n) is 0.634. The average Bonchev–Trinajstić information content (AvgIpc) is 1.96. The van der Waals surface area contributed by atoms with Gasteiger partial charge in [0.05, 0.1) is 6.61 Å². The lowest BCUT2D eigenvalue weighted by Crippen LogP contribution is -1.79. The number of carbonyl (C=O) groups excluding carboxylic acids is 1. The highest BCUT2D eigenvalue weighted by Crippen LogP contribution is 1.92. The van der Waals surface area contributed by atoms with Gasteiger partial charge in [-0.25, -0.2) is 0 Å². The van der Waals surface area contributed by atoms with Crippen molar-refractivity contribution < 1.29 is 9.90 Å². The molecule has 0 aliphatic carbocycles. The molecule has 0 saturated carbocycles. The lowest BCUT2D eigenvalue weighted by atomic mass is 10.2. The quantitative estimate of drug-likeness (QED) is 0.370. The Balaban J connectivity index is 3.27. The summed E-state index contributed by atoms with van der Waals surface area (Å²) in [6, 6.07) is 0. The molecule has 0 atom stereocenters. The Labute approximate surface area is 67.2 Å². The predicted molar refractivity (Wildman–Crippen MR) is 45.3 cm³/mol. The largest absolute Gasteiger partial charge is 0.392 e. The number of rotatable bonds is 5. The molecule has 2 heteroatoms. The molecule has 0 rings (SSSR count). The van der Waals surface area contributed by atoms with Crippen LogP contribution in [0.15, 0.2) is 24.3 Å². The van der Waals surface area contributed by atoms with Crippen LogP contribution < -0.4 is 0 Å². The third-order valence-corrected chi connectivity index (χ3v) is 1.12. The van der Waals surface area contributed by atoms with E-state index in [9.17, 15) is 4.79 Å². The highest BCUT2D eigenvalue weighted by molar-refractivity contribution is 5.87. The maximum Gasteiger partial charge on any atom is 0.152 e. The van der Waals surface area contributed by atoms with Crippen LogP contribution >= 0.6 is 0 Å². The van der Waals surface area contributed by atoms with E-state index in [1.807, 2.05) is 12.2 Å². The van der Waals surface area contributed by atoms with Gasteiger partial charge >= 0.3 is 0 Å². The molecule has 11 heavy (non-hydrogen) atoms. The zero-order valence-corrected chi connectivity index (χ0v) is 6.79. The highest BCUT2D eigenvalue weighted by atomic mass is 16.2. The minimum Gasteiger partial charge on any atom is -0.392 e. The van der Waals surface area contributed by atoms with Crippen molar-refractivity contribution in [3.63, 3.8) is 0 Å². The number of carbonyl (C=O) groups is 1. The molecule has 0 radical (unpaired) electrons. The Bertz CT molecular complexity index is 157. The van der Waals surface area contributed by atoms with Gasteiger partial charge in [0, 0.05) is 0 Å². The third kappa shape index (κ3) is 9.11. The number of unbranched alkanes of at least 4 members (excludes halogenated alkanes) is 1. The molecule has 0 heterocycles. The van der Waals surface area contributed by atoms with Gasteiger partial charge < -0.3 is 5.11 Å². The number of aliphatic hydroxyl groups is 1. The van der Waals surface area contributed by atoms with Crippen LogP contribution in [0, 0.1) is 0 Å². The molecule has 0 amide bonds. The first kappa shape index (κ1) is 10.1. The van der Waals surface area contributed by atoms with Gasteiger partial charge in [-0.1, -0.05) is 18.2 Å². The van der Waals surface area contributed by atoms with E-state index in [2.05, 4.69) is 0 Å². The maximum absolute atomic E-state index is 10.4. The van der Waals surface area contributed by atoms with Gasteiger partial charge in [-0.15, -0.1) is 0 Å². The second-order valence-corrected chi connectivity index (χ2v) is 2.24. The Morgan fingerprint density at radius 3 is 2.45 bits per heavy atom. The molecule has 0 aromatic rings. The zero-order valence-electron chi connectivity index (χ0n) is 6.79. The highest BCUT2D eigenvalue weighted by Gasteiger charge is 1.80. The lowest BCUT2D eigenvalue weighted by Gasteiger charge is -1.84. The van der Waals surface area contributed by atoms with E-state index < -0.39 is 0 Å². The summed E-state index contributed by atoms with van der Waals surface area (Å²) in [7, 11) is 0. The number of hydrogen-bond donors (Lipinski definition) is 1. The van der Waals surface area contributed by atoms with Gasteiger partial charge in [-0.05, 0) is 25.8 Å². The molecule has 0 bridgehead atoms. The molecule has 0 fully saturated rings. The summed E-state index contributed by atoms with van der Waals surface area (Å²) in [4.78, 5) is 10.4. The van der Waals surface area contributed by atoms with Gasteiger partial charge in [0.25, 0.3) is 0 Å². The van der Waals surface area contributed by atoms with E-state index in [4.69, 9.17) is 5.11 Å². The molecular weight excluding hydrogens is 140 g/mol. The van der Waals surface area contributed by atoms with E-state index >= 15 is 0 Å². The average molecular weight is 154 g/mol. The van der Waals surface area contributed by atoms with Crippen LogP contribution in [0.5, 0.6) is 0 Å². The molecule has 0 aliphatic rings. The Morgan fingerprint density at radius 2 is 1.91 bits per heavy atom. The van der Waals surface area contributed by atoms with Gasteiger partial charge in [0.2, 0.25) is 0 Å². The molecule has 62 valence electrons. The van der Waals surface area contributed by atoms with Crippen LogP contribution in [0.25, 0.3) is 0 Å². The van der Waals surface area contributed by atoms with Gasteiger partial charge in [0.1, 0.15) is 0 Å². The van der Waals surface area contributed by atoms with Crippen molar-refractivity contribution in [1.29, 1.82) is 0 Å². The first-order chi connectivity index (χ1) is 5.27. The normalized spacial score (nSPS) is 11.5. The van der Waals surface area contributed by atoms with Crippen molar-refractivity contribution in [2.75, 3.05) is 6.61 Å². The summed E-state index contributed by atoms with van der Waals surface area (Å²) < 4.78 is 0. The SMILES string of the molecule is CC(=O)/C=C/CC/C=C/CO. The van der Waals surface area contributed by atoms with Gasteiger partial charge in [0.15, 0.2) is 5.78 Å². The first-order valence-corrected chi connectivity index (χ1v) is 3.70. The molecule has 0 aliphatic heterocycles. The van der Waals surface area contributed by atoms with Gasteiger partial charge in [-0.3, -0.25) is 4.79 Å². The van der Waals surface area contributed by atoms with Crippen LogP contribution in [0.1, 0.15) is 19.8 Å². The smallest absolute Gasteiger partial charge is 0.152 e. The minimum atomic E-state index is 0.0798. The summed E-state index contributed by atoms with van der Waals surface area (Å²) >= 11 is 0. The molecular formula is C9H14O2. The van der Waals surface area contributed by atoms with E-state index in [0.29, 0.717) is 0 Å². The topological polar surface area (TPSA) is 37.3 Å². The van der Waals surface area contributed by atoms with Crippen molar-refractivity contribution >= 4 is 5.78 Å². The van der Waals surface area contributed by atoms with Crippen LogP contribution in [-0.4, -0.2) is 17.5 Å². The molecule has 0 spiro atoms. The number of allylic oxidation sites excluding steroid dienone is 3. The molecule has 0 aromatic heterocycles. The zero-order chi connectivity index (χ0) is 8.53. The van der Waals surface area contributed by atoms with Crippen molar-refractivity contribution in [1.82, 2.24) is 0 Å². The van der Waals surface area contributed by atoms with Crippen molar-refractivity contribution in [3.8, 4) is 0 Å². The Kier molecular flexibility index (Phi) is 6.64. The second-order valence-electron chi connectivity index (χ2n) is 2.24. The summed E-state index contributed by atoms with van der Waals surface area (Å²) in [5.74, 6) is 0.0798. The lowest BCUT2D eigenvalue weighted by molar-refractivity contribution is -0.112. The summed E-state index contributed by atoms with van der Waals surface area (Å²) in [5, 5.41) is 8.35. The summed E-state index contributed by atoms with van der Waals surface area (Å²) in [6.07, 6.45) is 8.73. The van der Waals surface area contributed by atoms with Crippen LogP contribution in [0.3, 0.4) is 0 Å². The fraction of sp³-hybridized carbons (Fsp3) is 0.444. The Hall–Kier alpha value is -0.890. The fourth-order valence-corrected chi connectivity index (χ4v) is 0.634. The molecule has 1 N–H and O–H groups in total. The van der Waals surface area contributed by atoms with Crippen LogP contribution in [0.2, 0.25) is 0 Å². The molecule has 0 saturated heterocycles. The van der Waals surface area contributed by atoms with Crippen LogP contribution in [0.4, 0.5) is 0 Å². The standard InChI is InChI=1S/C9H14O2/c1-9(11)7-5-3-2-4-6-8-10/h4-7,10H,2-3,8H2,1H3/b6-4+,7-5+. The van der Waals surface area contributed by atoms with Crippen molar-refractivity contribution in [2.24, 2.45) is 0 Å².